The number of likely N-dealkylation sites (N-methyl/N-ethyl adjacent to an activating group) is 1. The molecular weight excluding hydrogens is 164 g/mol. The maximum Gasteiger partial charge on any atom is 0.223 e. The van der Waals surface area contributed by atoms with Crippen molar-refractivity contribution in [3.05, 3.63) is 6.92 Å². The van der Waals surface area contributed by atoms with Gasteiger partial charge in [0.1, 0.15) is 0 Å². The van der Waals surface area contributed by atoms with Crippen molar-refractivity contribution < 1.29 is 4.79 Å². The van der Waals surface area contributed by atoms with Gasteiger partial charge in [0.15, 0.2) is 0 Å². The maximum atomic E-state index is 11.3. The second kappa shape index (κ2) is 6.89. The van der Waals surface area contributed by atoms with Gasteiger partial charge in [-0.05, 0) is 27.4 Å². The third-order valence-electron chi connectivity index (χ3n) is 1.87. The van der Waals surface area contributed by atoms with Gasteiger partial charge in [-0.25, -0.2) is 0 Å². The van der Waals surface area contributed by atoms with E-state index in [1.165, 1.54) is 0 Å². The van der Waals surface area contributed by atoms with E-state index in [2.05, 4.69) is 19.2 Å². The lowest BCUT2D eigenvalue weighted by Crippen LogP contribution is -2.34. The van der Waals surface area contributed by atoms with Crippen LogP contribution in [-0.4, -0.2) is 38.0 Å². The van der Waals surface area contributed by atoms with Crippen molar-refractivity contribution in [2.75, 3.05) is 27.2 Å². The maximum absolute atomic E-state index is 11.3. The first-order valence-electron chi connectivity index (χ1n) is 4.83. The number of carbonyl (C=O) groups is 1. The predicted octanol–water partition coefficient (Wildman–Crippen LogP) is 0.915. The van der Waals surface area contributed by atoms with Gasteiger partial charge in [0.25, 0.3) is 0 Å². The summed E-state index contributed by atoms with van der Waals surface area (Å²) in [7, 11) is 3.97. The van der Waals surface area contributed by atoms with Crippen molar-refractivity contribution >= 4 is 5.91 Å². The fourth-order valence-electron chi connectivity index (χ4n) is 1.03. The van der Waals surface area contributed by atoms with E-state index >= 15 is 0 Å². The Labute approximate surface area is 81.5 Å². The lowest BCUT2D eigenvalue weighted by molar-refractivity contribution is -0.123. The van der Waals surface area contributed by atoms with Crippen LogP contribution in [0.1, 0.15) is 19.8 Å². The van der Waals surface area contributed by atoms with E-state index in [0.29, 0.717) is 6.54 Å². The van der Waals surface area contributed by atoms with Crippen LogP contribution in [0.3, 0.4) is 0 Å². The average Bonchev–Trinajstić information content (AvgIpc) is 2.04. The summed E-state index contributed by atoms with van der Waals surface area (Å²) in [5, 5.41) is 2.86. The molecule has 0 aliphatic carbocycles. The number of hydrogen-bond donors (Lipinski definition) is 1. The van der Waals surface area contributed by atoms with Crippen molar-refractivity contribution in [3.63, 3.8) is 0 Å². The Hall–Kier alpha value is -0.570. The number of hydrogen-bond acceptors (Lipinski definition) is 2. The van der Waals surface area contributed by atoms with Crippen LogP contribution in [0.15, 0.2) is 0 Å². The van der Waals surface area contributed by atoms with Crippen LogP contribution in [0.2, 0.25) is 0 Å². The van der Waals surface area contributed by atoms with Crippen LogP contribution < -0.4 is 5.32 Å². The van der Waals surface area contributed by atoms with E-state index in [-0.39, 0.29) is 11.8 Å². The molecule has 77 valence electrons. The number of amides is 1. The van der Waals surface area contributed by atoms with Gasteiger partial charge in [-0.15, -0.1) is 0 Å². The van der Waals surface area contributed by atoms with E-state index in [1.54, 1.807) is 0 Å². The molecule has 0 fully saturated rings. The number of rotatable bonds is 6. The fraction of sp³-hybridized carbons (Fsp3) is 0.800. The van der Waals surface area contributed by atoms with Crippen molar-refractivity contribution in [2.24, 2.45) is 5.92 Å². The van der Waals surface area contributed by atoms with Crippen molar-refractivity contribution in [3.8, 4) is 0 Å². The molecule has 0 aliphatic heterocycles. The van der Waals surface area contributed by atoms with Gasteiger partial charge in [0.2, 0.25) is 5.91 Å². The molecule has 3 heteroatoms. The number of nitrogens with one attached hydrogen (secondary N) is 1. The Bertz CT molecular complexity index is 146. The molecular formula is C10H21N2O. The van der Waals surface area contributed by atoms with Gasteiger partial charge in [-0.2, -0.15) is 0 Å². The summed E-state index contributed by atoms with van der Waals surface area (Å²) >= 11 is 0. The molecule has 0 aromatic carbocycles. The highest BCUT2D eigenvalue weighted by atomic mass is 16.1. The van der Waals surface area contributed by atoms with Gasteiger partial charge in [-0.1, -0.05) is 13.3 Å². The molecule has 0 aliphatic rings. The lowest BCUT2D eigenvalue weighted by atomic mass is 10.1. The topological polar surface area (TPSA) is 32.3 Å². The van der Waals surface area contributed by atoms with Crippen molar-refractivity contribution in [2.45, 2.75) is 19.8 Å². The standard InChI is InChI=1S/C10H21N2O/c1-5-6-9(2)10(13)11-7-8-12(3)4/h9H,2,5-8H2,1,3-4H3,(H,11,13). The monoisotopic (exact) mass is 185 g/mol. The zero-order valence-corrected chi connectivity index (χ0v) is 8.97. The van der Waals surface area contributed by atoms with Crippen LogP contribution in [0.25, 0.3) is 0 Å². The molecule has 0 aromatic heterocycles. The Morgan fingerprint density at radius 2 is 2.15 bits per heavy atom. The third-order valence-corrected chi connectivity index (χ3v) is 1.87. The zero-order valence-electron chi connectivity index (χ0n) is 8.97. The van der Waals surface area contributed by atoms with Gasteiger partial charge in [0.05, 0.1) is 0 Å². The summed E-state index contributed by atoms with van der Waals surface area (Å²) in [6, 6.07) is 0. The largest absolute Gasteiger partial charge is 0.355 e. The van der Waals surface area contributed by atoms with Crippen LogP contribution >= 0.6 is 0 Å². The molecule has 1 amide bonds. The fourth-order valence-corrected chi connectivity index (χ4v) is 1.03. The summed E-state index contributed by atoms with van der Waals surface area (Å²) in [6.45, 7) is 7.45. The number of carbonyl (C=O) groups excluding carboxylic acids is 1. The van der Waals surface area contributed by atoms with E-state index in [4.69, 9.17) is 0 Å². The highest BCUT2D eigenvalue weighted by Crippen LogP contribution is 2.03. The van der Waals surface area contributed by atoms with E-state index in [0.717, 1.165) is 19.4 Å². The van der Waals surface area contributed by atoms with Gasteiger partial charge < -0.3 is 10.2 Å². The molecule has 0 saturated heterocycles. The molecule has 1 atom stereocenters. The minimum atomic E-state index is -0.0906. The molecule has 0 rings (SSSR count). The second-order valence-electron chi connectivity index (χ2n) is 3.58. The third kappa shape index (κ3) is 6.58. The highest BCUT2D eigenvalue weighted by Gasteiger charge is 2.10. The molecule has 0 aromatic rings. The Kier molecular flexibility index (Phi) is 6.59. The molecule has 1 unspecified atom stereocenters. The summed E-state index contributed by atoms with van der Waals surface area (Å²) in [6.07, 6.45) is 1.88. The summed E-state index contributed by atoms with van der Waals surface area (Å²) in [5.41, 5.74) is 0. The molecule has 0 spiro atoms. The SMILES string of the molecule is [CH2]C(CCC)C(=O)NCCN(C)C. The van der Waals surface area contributed by atoms with E-state index < -0.39 is 0 Å². The zero-order chi connectivity index (χ0) is 10.3. The molecule has 0 heterocycles. The molecule has 1 radical (unpaired) electrons. The average molecular weight is 185 g/mol. The smallest absolute Gasteiger partial charge is 0.223 e. The quantitative estimate of drug-likeness (QED) is 0.667. The van der Waals surface area contributed by atoms with Crippen LogP contribution in [-0.2, 0) is 4.79 Å². The van der Waals surface area contributed by atoms with Crippen molar-refractivity contribution in [1.29, 1.82) is 0 Å². The molecule has 0 bridgehead atoms. The first kappa shape index (κ1) is 12.4. The van der Waals surface area contributed by atoms with E-state index in [9.17, 15) is 4.79 Å². The Balaban J connectivity index is 3.50. The molecule has 3 nitrogen and oxygen atoms in total. The van der Waals surface area contributed by atoms with Crippen LogP contribution in [0.4, 0.5) is 0 Å². The summed E-state index contributed by atoms with van der Waals surface area (Å²) in [4.78, 5) is 13.4. The van der Waals surface area contributed by atoms with Gasteiger partial charge >= 0.3 is 0 Å². The van der Waals surface area contributed by atoms with Crippen molar-refractivity contribution in [1.82, 2.24) is 10.2 Å². The van der Waals surface area contributed by atoms with Crippen LogP contribution in [0.5, 0.6) is 0 Å². The minimum Gasteiger partial charge on any atom is -0.355 e. The predicted molar refractivity (Wildman–Crippen MR) is 55.3 cm³/mol. The highest BCUT2D eigenvalue weighted by molar-refractivity contribution is 5.79. The molecule has 1 N–H and O–H groups in total. The first-order valence-corrected chi connectivity index (χ1v) is 4.83. The molecule has 13 heavy (non-hydrogen) atoms. The lowest BCUT2D eigenvalue weighted by Gasteiger charge is -2.13. The normalized spacial score (nSPS) is 13.0. The second-order valence-corrected chi connectivity index (χ2v) is 3.58. The summed E-state index contributed by atoms with van der Waals surface area (Å²) in [5.74, 6) is -0.0177. The van der Waals surface area contributed by atoms with Crippen LogP contribution in [0, 0.1) is 12.8 Å². The number of nitrogens with zero attached hydrogens (tertiary/aromatic N) is 1. The van der Waals surface area contributed by atoms with E-state index in [1.807, 2.05) is 19.0 Å². The summed E-state index contributed by atoms with van der Waals surface area (Å²) < 4.78 is 0. The van der Waals surface area contributed by atoms with Gasteiger partial charge in [0, 0.05) is 19.0 Å². The molecule has 0 saturated carbocycles. The Morgan fingerprint density at radius 1 is 1.54 bits per heavy atom. The first-order chi connectivity index (χ1) is 6.07. The Morgan fingerprint density at radius 3 is 2.62 bits per heavy atom. The minimum absolute atomic E-state index is 0.0729. The van der Waals surface area contributed by atoms with Gasteiger partial charge in [-0.3, -0.25) is 4.79 Å².